The molecule has 17 heavy (non-hydrogen) atoms. The zero-order valence-corrected chi connectivity index (χ0v) is 10.8. The lowest BCUT2D eigenvalue weighted by atomic mass is 10.0. The molecule has 0 spiro atoms. The van der Waals surface area contributed by atoms with E-state index < -0.39 is 0 Å². The smallest absolute Gasteiger partial charge is 0.124 e. The minimum Gasteiger partial charge on any atom is -0.381 e. The summed E-state index contributed by atoms with van der Waals surface area (Å²) in [5, 5.41) is 0.440. The van der Waals surface area contributed by atoms with Gasteiger partial charge >= 0.3 is 0 Å². The summed E-state index contributed by atoms with van der Waals surface area (Å²) < 4.78 is 18.2. The minimum atomic E-state index is -0.321. The number of hydrogen-bond acceptors (Lipinski definition) is 2. The average Bonchev–Trinajstić information content (AvgIpc) is 2.28. The van der Waals surface area contributed by atoms with Crippen molar-refractivity contribution < 1.29 is 9.13 Å². The van der Waals surface area contributed by atoms with Crippen molar-refractivity contribution in [2.45, 2.75) is 32.2 Å². The fourth-order valence-electron chi connectivity index (χ4n) is 1.55. The summed E-state index contributed by atoms with van der Waals surface area (Å²) in [6, 6.07) is 4.40. The number of benzene rings is 1. The number of hydrogen-bond donors (Lipinski definition) is 1. The van der Waals surface area contributed by atoms with Gasteiger partial charge in [0.15, 0.2) is 0 Å². The van der Waals surface area contributed by atoms with Crippen LogP contribution >= 0.6 is 11.6 Å². The van der Waals surface area contributed by atoms with Gasteiger partial charge in [-0.2, -0.15) is 0 Å². The van der Waals surface area contributed by atoms with Crippen molar-refractivity contribution in [3.8, 4) is 0 Å². The van der Waals surface area contributed by atoms with Gasteiger partial charge in [0.1, 0.15) is 5.82 Å². The van der Waals surface area contributed by atoms with Crippen LogP contribution in [0.1, 0.15) is 25.3 Å². The summed E-state index contributed by atoms with van der Waals surface area (Å²) in [6.45, 7) is 3.50. The van der Waals surface area contributed by atoms with Gasteiger partial charge in [-0.1, -0.05) is 24.6 Å². The Kier molecular flexibility index (Phi) is 6.48. The van der Waals surface area contributed by atoms with Crippen LogP contribution in [0.4, 0.5) is 4.39 Å². The number of halogens is 2. The number of rotatable bonds is 7. The van der Waals surface area contributed by atoms with Crippen molar-refractivity contribution in [2.24, 2.45) is 5.73 Å². The molecule has 2 nitrogen and oxygen atoms in total. The molecule has 2 N–H and O–H groups in total. The van der Waals surface area contributed by atoms with Gasteiger partial charge in [-0.05, 0) is 37.0 Å². The molecule has 1 atom stereocenters. The Bertz CT molecular complexity index is 346. The lowest BCUT2D eigenvalue weighted by Gasteiger charge is -2.12. The lowest BCUT2D eigenvalue weighted by molar-refractivity contribution is 0.127. The molecule has 0 bridgehead atoms. The van der Waals surface area contributed by atoms with Gasteiger partial charge in [-0.25, -0.2) is 4.39 Å². The highest BCUT2D eigenvalue weighted by Crippen LogP contribution is 2.18. The first kappa shape index (κ1) is 14.4. The van der Waals surface area contributed by atoms with Crippen LogP contribution in [0, 0.1) is 5.82 Å². The third-order valence-corrected chi connectivity index (χ3v) is 2.83. The van der Waals surface area contributed by atoms with E-state index in [1.54, 1.807) is 6.07 Å². The molecule has 4 heteroatoms. The lowest BCUT2D eigenvalue weighted by Crippen LogP contribution is -2.24. The van der Waals surface area contributed by atoms with Gasteiger partial charge in [0.05, 0.1) is 0 Å². The predicted molar refractivity (Wildman–Crippen MR) is 68.8 cm³/mol. The first-order valence-electron chi connectivity index (χ1n) is 5.90. The second-order valence-electron chi connectivity index (χ2n) is 4.10. The molecule has 1 aromatic carbocycles. The maximum absolute atomic E-state index is 12.8. The standard InChI is InChI=1S/C13H19ClFNO/c1-2-6-17-7-5-12(16)8-10-3-4-11(15)9-13(10)14/h3-4,9,12H,2,5-8,16H2,1H3. The number of ether oxygens (including phenoxy) is 1. The van der Waals surface area contributed by atoms with Gasteiger partial charge in [-0.3, -0.25) is 0 Å². The first-order chi connectivity index (χ1) is 8.13. The van der Waals surface area contributed by atoms with Crippen LogP contribution in [-0.4, -0.2) is 19.3 Å². The molecule has 0 saturated carbocycles. The van der Waals surface area contributed by atoms with E-state index in [1.165, 1.54) is 12.1 Å². The van der Waals surface area contributed by atoms with Crippen molar-refractivity contribution in [1.29, 1.82) is 0 Å². The van der Waals surface area contributed by atoms with Crippen LogP contribution < -0.4 is 5.73 Å². The summed E-state index contributed by atoms with van der Waals surface area (Å²) in [5.74, 6) is -0.321. The Hall–Kier alpha value is -0.640. The highest BCUT2D eigenvalue weighted by Gasteiger charge is 2.08. The van der Waals surface area contributed by atoms with Crippen molar-refractivity contribution in [1.82, 2.24) is 0 Å². The van der Waals surface area contributed by atoms with Crippen LogP contribution in [0.2, 0.25) is 5.02 Å². The summed E-state index contributed by atoms with van der Waals surface area (Å²) in [6.07, 6.45) is 2.45. The Morgan fingerprint density at radius 3 is 2.82 bits per heavy atom. The van der Waals surface area contributed by atoms with E-state index in [-0.39, 0.29) is 11.9 Å². The van der Waals surface area contributed by atoms with Crippen molar-refractivity contribution in [2.75, 3.05) is 13.2 Å². The van der Waals surface area contributed by atoms with Gasteiger partial charge in [0.2, 0.25) is 0 Å². The normalized spacial score (nSPS) is 12.7. The van der Waals surface area contributed by atoms with E-state index in [9.17, 15) is 4.39 Å². The van der Waals surface area contributed by atoms with Crippen molar-refractivity contribution in [3.63, 3.8) is 0 Å². The second kappa shape index (κ2) is 7.64. The van der Waals surface area contributed by atoms with Gasteiger partial charge in [-0.15, -0.1) is 0 Å². The molecule has 0 aliphatic rings. The van der Waals surface area contributed by atoms with Gasteiger partial charge in [0, 0.05) is 24.3 Å². The van der Waals surface area contributed by atoms with Crippen molar-refractivity contribution >= 4 is 11.6 Å². The molecule has 1 rings (SSSR count). The third kappa shape index (κ3) is 5.48. The van der Waals surface area contributed by atoms with E-state index in [0.717, 1.165) is 25.0 Å². The molecular formula is C13H19ClFNO. The largest absolute Gasteiger partial charge is 0.381 e. The zero-order valence-electron chi connectivity index (χ0n) is 10.1. The predicted octanol–water partition coefficient (Wildman–Crippen LogP) is 3.17. The Morgan fingerprint density at radius 1 is 1.41 bits per heavy atom. The Morgan fingerprint density at radius 2 is 2.18 bits per heavy atom. The van der Waals surface area contributed by atoms with Gasteiger partial charge in [0.25, 0.3) is 0 Å². The molecule has 0 saturated heterocycles. The molecule has 0 amide bonds. The van der Waals surface area contributed by atoms with E-state index in [2.05, 4.69) is 6.92 Å². The molecule has 0 aromatic heterocycles. The summed E-state index contributed by atoms with van der Waals surface area (Å²) in [4.78, 5) is 0. The maximum atomic E-state index is 12.8. The molecule has 1 aromatic rings. The third-order valence-electron chi connectivity index (χ3n) is 2.48. The second-order valence-corrected chi connectivity index (χ2v) is 4.51. The fraction of sp³-hybridized carbons (Fsp3) is 0.538. The summed E-state index contributed by atoms with van der Waals surface area (Å²) in [7, 11) is 0. The molecule has 96 valence electrons. The van der Waals surface area contributed by atoms with E-state index in [0.29, 0.717) is 18.1 Å². The van der Waals surface area contributed by atoms with E-state index in [1.807, 2.05) is 0 Å². The quantitative estimate of drug-likeness (QED) is 0.764. The molecular weight excluding hydrogens is 241 g/mol. The van der Waals surface area contributed by atoms with E-state index in [4.69, 9.17) is 22.1 Å². The Labute approximate surface area is 107 Å². The first-order valence-corrected chi connectivity index (χ1v) is 6.28. The number of nitrogens with two attached hydrogens (primary N) is 1. The highest BCUT2D eigenvalue weighted by molar-refractivity contribution is 6.31. The van der Waals surface area contributed by atoms with Crippen molar-refractivity contribution in [3.05, 3.63) is 34.6 Å². The van der Waals surface area contributed by atoms with Crippen LogP contribution in [0.15, 0.2) is 18.2 Å². The van der Waals surface area contributed by atoms with Gasteiger partial charge < -0.3 is 10.5 Å². The van der Waals surface area contributed by atoms with E-state index >= 15 is 0 Å². The highest BCUT2D eigenvalue weighted by atomic mass is 35.5. The fourth-order valence-corrected chi connectivity index (χ4v) is 1.80. The Balaban J connectivity index is 2.37. The van der Waals surface area contributed by atoms with Crippen LogP contribution in [0.3, 0.4) is 0 Å². The zero-order chi connectivity index (χ0) is 12.7. The molecule has 1 unspecified atom stereocenters. The SMILES string of the molecule is CCCOCCC(N)Cc1ccc(F)cc1Cl. The molecule has 0 radical (unpaired) electrons. The van der Waals surface area contributed by atoms with Crippen LogP contribution in [0.25, 0.3) is 0 Å². The molecule has 0 aliphatic carbocycles. The molecule has 0 aliphatic heterocycles. The summed E-state index contributed by atoms with van der Waals surface area (Å²) in [5.41, 5.74) is 6.85. The summed E-state index contributed by atoms with van der Waals surface area (Å²) >= 11 is 5.93. The maximum Gasteiger partial charge on any atom is 0.124 e. The molecule has 0 fully saturated rings. The molecule has 0 heterocycles. The minimum absolute atomic E-state index is 0.00480. The van der Waals surface area contributed by atoms with Crippen LogP contribution in [0.5, 0.6) is 0 Å². The monoisotopic (exact) mass is 259 g/mol. The topological polar surface area (TPSA) is 35.2 Å². The van der Waals surface area contributed by atoms with Crippen LogP contribution in [-0.2, 0) is 11.2 Å². The average molecular weight is 260 g/mol.